The van der Waals surface area contributed by atoms with E-state index in [1.54, 1.807) is 0 Å². The molecular formula is C19H19N3O2. The first kappa shape index (κ1) is 14.0. The van der Waals surface area contributed by atoms with Crippen molar-refractivity contribution in [3.8, 4) is 11.1 Å². The summed E-state index contributed by atoms with van der Waals surface area (Å²) in [5.74, 6) is 0.657. The van der Waals surface area contributed by atoms with Crippen LogP contribution in [0.1, 0.15) is 37.3 Å². The van der Waals surface area contributed by atoms with E-state index in [1.165, 1.54) is 18.4 Å². The van der Waals surface area contributed by atoms with Gasteiger partial charge in [0.05, 0.1) is 0 Å². The van der Waals surface area contributed by atoms with Crippen LogP contribution in [-0.4, -0.2) is 22.5 Å². The first-order valence-electron chi connectivity index (χ1n) is 8.49. The lowest BCUT2D eigenvalue weighted by molar-refractivity contribution is -0.133. The predicted octanol–water partition coefficient (Wildman–Crippen LogP) is 2.76. The van der Waals surface area contributed by atoms with Crippen molar-refractivity contribution in [2.45, 2.75) is 37.2 Å². The van der Waals surface area contributed by atoms with Crippen LogP contribution in [0.5, 0.6) is 0 Å². The number of carbonyl (C=O) groups excluding carboxylic acids is 1. The van der Waals surface area contributed by atoms with Crippen molar-refractivity contribution in [3.63, 3.8) is 0 Å². The summed E-state index contributed by atoms with van der Waals surface area (Å²) in [5, 5.41) is 16.9. The topological polar surface area (TPSA) is 74.2 Å². The Hall–Kier alpha value is -2.40. The number of benzene rings is 1. The van der Waals surface area contributed by atoms with Gasteiger partial charge in [0.25, 0.3) is 5.91 Å². The fourth-order valence-electron chi connectivity index (χ4n) is 3.99. The third-order valence-corrected chi connectivity index (χ3v) is 5.84. The molecule has 0 saturated heterocycles. The van der Waals surface area contributed by atoms with Crippen LogP contribution in [0, 0.1) is 0 Å². The van der Waals surface area contributed by atoms with Crippen LogP contribution < -0.4 is 10.6 Å². The largest absolute Gasteiger partial charge is 0.375 e. The Kier molecular flexibility index (Phi) is 2.54. The van der Waals surface area contributed by atoms with Crippen LogP contribution in [0.25, 0.3) is 11.1 Å². The highest BCUT2D eigenvalue weighted by Crippen LogP contribution is 2.54. The zero-order valence-corrected chi connectivity index (χ0v) is 13.5. The molecule has 24 heavy (non-hydrogen) atoms. The lowest BCUT2D eigenvalue weighted by atomic mass is 9.90. The monoisotopic (exact) mass is 321 g/mol. The molecule has 5 rings (SSSR count). The van der Waals surface area contributed by atoms with Gasteiger partial charge in [-0.25, -0.2) is 4.98 Å². The molecule has 3 aliphatic rings. The number of hydrogen-bond donors (Lipinski definition) is 3. The van der Waals surface area contributed by atoms with E-state index in [0.717, 1.165) is 23.5 Å². The van der Waals surface area contributed by atoms with Crippen molar-refractivity contribution < 1.29 is 9.90 Å². The minimum atomic E-state index is -1.44. The van der Waals surface area contributed by atoms with Crippen LogP contribution in [0.3, 0.4) is 0 Å². The van der Waals surface area contributed by atoms with Crippen LogP contribution in [0.2, 0.25) is 0 Å². The summed E-state index contributed by atoms with van der Waals surface area (Å²) in [6, 6.07) is 7.98. The number of carbonyl (C=O) groups is 1. The Morgan fingerprint density at radius 1 is 1.21 bits per heavy atom. The molecule has 3 heterocycles. The van der Waals surface area contributed by atoms with Crippen molar-refractivity contribution >= 4 is 17.4 Å². The molecule has 5 nitrogen and oxygen atoms in total. The average Bonchev–Trinajstić information content (AvgIpc) is 3.24. The molecule has 1 saturated carbocycles. The Bertz CT molecular complexity index is 888. The summed E-state index contributed by atoms with van der Waals surface area (Å²) in [5.41, 5.74) is 3.53. The smallest absolute Gasteiger partial charge is 0.261 e. The van der Waals surface area contributed by atoms with E-state index >= 15 is 0 Å². The third kappa shape index (κ3) is 1.68. The number of anilines is 2. The van der Waals surface area contributed by atoms with E-state index in [0.29, 0.717) is 17.7 Å². The summed E-state index contributed by atoms with van der Waals surface area (Å²) < 4.78 is 0. The van der Waals surface area contributed by atoms with E-state index in [-0.39, 0.29) is 11.3 Å². The van der Waals surface area contributed by atoms with Crippen molar-refractivity contribution in [1.29, 1.82) is 0 Å². The number of amides is 1. The average molecular weight is 321 g/mol. The Morgan fingerprint density at radius 2 is 2.00 bits per heavy atom. The van der Waals surface area contributed by atoms with E-state index in [4.69, 9.17) is 0 Å². The summed E-state index contributed by atoms with van der Waals surface area (Å²) in [7, 11) is 0. The molecule has 122 valence electrons. The minimum Gasteiger partial charge on any atom is -0.375 e. The number of pyridine rings is 1. The molecule has 0 unspecified atom stereocenters. The maximum absolute atomic E-state index is 12.1. The fourth-order valence-corrected chi connectivity index (χ4v) is 3.99. The SMILES string of the molecule is CC[C@@]1(O)C(=O)Nc2ccc(-c3cnc4c(c3)C3(CC3)CN4)cc21. The fraction of sp³-hybridized carbons (Fsp3) is 0.368. The van der Waals surface area contributed by atoms with E-state index in [1.807, 2.05) is 31.3 Å². The van der Waals surface area contributed by atoms with Crippen LogP contribution in [-0.2, 0) is 15.8 Å². The standard InChI is InChI=1S/C19H19N3O2/c1-2-19(24)13-7-11(3-4-15(13)22-17(19)23)12-8-14-16(20-9-12)21-10-18(14)5-6-18/h3-4,7-9,24H,2,5-6,10H2,1H3,(H,20,21)(H,22,23)/t19-/m0/s1. The summed E-state index contributed by atoms with van der Waals surface area (Å²) in [4.78, 5) is 16.7. The van der Waals surface area contributed by atoms with Crippen molar-refractivity contribution in [2.24, 2.45) is 0 Å². The zero-order valence-electron chi connectivity index (χ0n) is 13.5. The van der Waals surface area contributed by atoms with Gasteiger partial charge in [-0.15, -0.1) is 0 Å². The zero-order chi connectivity index (χ0) is 16.5. The van der Waals surface area contributed by atoms with E-state index in [9.17, 15) is 9.90 Å². The van der Waals surface area contributed by atoms with Gasteiger partial charge in [0.2, 0.25) is 0 Å². The van der Waals surface area contributed by atoms with Gasteiger partial charge in [-0.2, -0.15) is 0 Å². The molecular weight excluding hydrogens is 302 g/mol. The second-order valence-corrected chi connectivity index (χ2v) is 7.18. The molecule has 0 radical (unpaired) electrons. The minimum absolute atomic E-state index is 0.288. The molecule has 1 fully saturated rings. The predicted molar refractivity (Wildman–Crippen MR) is 91.9 cm³/mol. The lowest BCUT2D eigenvalue weighted by Gasteiger charge is -2.19. The summed E-state index contributed by atoms with van der Waals surface area (Å²) in [6.07, 6.45) is 4.65. The molecule has 1 atom stereocenters. The molecule has 1 amide bonds. The van der Waals surface area contributed by atoms with Gasteiger partial charge in [-0.05, 0) is 43.0 Å². The number of aliphatic hydroxyl groups is 1. The second-order valence-electron chi connectivity index (χ2n) is 7.18. The Morgan fingerprint density at radius 3 is 2.75 bits per heavy atom. The van der Waals surface area contributed by atoms with Gasteiger partial charge < -0.3 is 15.7 Å². The van der Waals surface area contributed by atoms with E-state index in [2.05, 4.69) is 21.7 Å². The van der Waals surface area contributed by atoms with E-state index < -0.39 is 5.60 Å². The van der Waals surface area contributed by atoms with Gasteiger partial charge in [0, 0.05) is 40.5 Å². The molecule has 2 aromatic rings. The molecule has 1 aliphatic carbocycles. The Labute approximate surface area is 140 Å². The van der Waals surface area contributed by atoms with Crippen LogP contribution in [0.15, 0.2) is 30.5 Å². The number of aromatic nitrogens is 1. The second kappa shape index (κ2) is 4.36. The molecule has 5 heteroatoms. The number of hydrogen-bond acceptors (Lipinski definition) is 4. The van der Waals surface area contributed by atoms with Gasteiger partial charge in [0.15, 0.2) is 5.60 Å². The molecule has 1 spiro atoms. The third-order valence-electron chi connectivity index (χ3n) is 5.84. The number of nitrogens with zero attached hydrogens (tertiary/aromatic N) is 1. The highest BCUT2D eigenvalue weighted by atomic mass is 16.3. The molecule has 3 N–H and O–H groups in total. The normalized spacial score (nSPS) is 25.2. The van der Waals surface area contributed by atoms with Crippen molar-refractivity contribution in [1.82, 2.24) is 4.98 Å². The lowest BCUT2D eigenvalue weighted by Crippen LogP contribution is -2.33. The quantitative estimate of drug-likeness (QED) is 0.795. The molecule has 0 bridgehead atoms. The Balaban J connectivity index is 1.62. The summed E-state index contributed by atoms with van der Waals surface area (Å²) in [6.45, 7) is 2.80. The van der Waals surface area contributed by atoms with Gasteiger partial charge in [-0.1, -0.05) is 13.0 Å². The molecule has 1 aromatic heterocycles. The molecule has 2 aliphatic heterocycles. The highest BCUT2D eigenvalue weighted by Gasteiger charge is 2.49. The highest BCUT2D eigenvalue weighted by molar-refractivity contribution is 6.05. The van der Waals surface area contributed by atoms with Crippen LogP contribution in [0.4, 0.5) is 11.5 Å². The van der Waals surface area contributed by atoms with Crippen molar-refractivity contribution in [2.75, 3.05) is 17.2 Å². The van der Waals surface area contributed by atoms with Gasteiger partial charge >= 0.3 is 0 Å². The van der Waals surface area contributed by atoms with Crippen LogP contribution >= 0.6 is 0 Å². The van der Waals surface area contributed by atoms with Gasteiger partial charge in [0.1, 0.15) is 5.82 Å². The first-order valence-corrected chi connectivity index (χ1v) is 8.49. The first-order chi connectivity index (χ1) is 11.6. The number of fused-ring (bicyclic) bond motifs is 3. The molecule has 1 aromatic carbocycles. The van der Waals surface area contributed by atoms with Crippen molar-refractivity contribution in [3.05, 3.63) is 41.6 Å². The summed E-state index contributed by atoms with van der Waals surface area (Å²) >= 11 is 0. The van der Waals surface area contributed by atoms with Gasteiger partial charge in [-0.3, -0.25) is 4.79 Å². The number of rotatable bonds is 2. The maximum atomic E-state index is 12.1. The maximum Gasteiger partial charge on any atom is 0.261 e. The number of nitrogens with one attached hydrogen (secondary N) is 2.